The number of carboxylic acids is 1. The second-order valence-electron chi connectivity index (χ2n) is 6.90. The normalized spacial score (nSPS) is 28.4. The first-order chi connectivity index (χ1) is 12.9. The number of hydrogen-bond acceptors (Lipinski definition) is 6. The maximum absolute atomic E-state index is 13.3. The van der Waals surface area contributed by atoms with E-state index in [2.05, 4.69) is 5.32 Å². The maximum Gasteiger partial charge on any atom is 0.328 e. The second kappa shape index (κ2) is 6.46. The number of imide groups is 1. The molecule has 0 aliphatic carbocycles. The Labute approximate surface area is 154 Å². The number of anilines is 1. The Balaban J connectivity index is 1.65. The topological polar surface area (TPSA) is 96.4 Å². The van der Waals surface area contributed by atoms with Crippen LogP contribution in [0, 0.1) is 5.82 Å². The standard InChI is InChI=1S/C17H20FN5O4/c1-20-14-13(15(26)23(17(20)27)9-12(24)25)22-8-2-7-21(16(22)19-14)11-5-3-10(18)4-6-11/h3-6,13-14,16,19H,2,7-9H2,1H3,(H,24,25). The van der Waals surface area contributed by atoms with Crippen molar-refractivity contribution in [1.82, 2.24) is 20.0 Å². The summed E-state index contributed by atoms with van der Waals surface area (Å²) in [6.07, 6.45) is -0.118. The molecule has 10 heteroatoms. The quantitative estimate of drug-likeness (QED) is 0.759. The Kier molecular flexibility index (Phi) is 4.23. The molecule has 27 heavy (non-hydrogen) atoms. The minimum atomic E-state index is -1.24. The number of fused-ring (bicyclic) bond motifs is 3. The summed E-state index contributed by atoms with van der Waals surface area (Å²) in [7, 11) is 1.55. The van der Waals surface area contributed by atoms with Gasteiger partial charge in [0.25, 0.3) is 5.91 Å². The number of carbonyl (C=O) groups excluding carboxylic acids is 2. The summed E-state index contributed by atoms with van der Waals surface area (Å²) in [6, 6.07) is 4.81. The molecule has 3 fully saturated rings. The van der Waals surface area contributed by atoms with E-state index in [1.807, 2.05) is 9.80 Å². The number of aliphatic carboxylic acids is 1. The minimum absolute atomic E-state index is 0.328. The van der Waals surface area contributed by atoms with Crippen LogP contribution in [0.3, 0.4) is 0 Å². The van der Waals surface area contributed by atoms with Crippen molar-refractivity contribution in [2.24, 2.45) is 0 Å². The van der Waals surface area contributed by atoms with Crippen molar-refractivity contribution in [3.63, 3.8) is 0 Å². The Morgan fingerprint density at radius 1 is 1.26 bits per heavy atom. The highest BCUT2D eigenvalue weighted by Crippen LogP contribution is 2.32. The summed E-state index contributed by atoms with van der Waals surface area (Å²) in [5, 5.41) is 12.4. The first-order valence-electron chi connectivity index (χ1n) is 8.72. The molecule has 3 amide bonds. The number of amides is 3. The SMILES string of the molecule is CN1C(=O)N(CC(=O)O)C(=O)C2C1NC1N(c3ccc(F)cc3)CCCN21. The molecule has 3 aliphatic heterocycles. The fourth-order valence-electron chi connectivity index (χ4n) is 4.10. The highest BCUT2D eigenvalue weighted by atomic mass is 19.1. The Bertz CT molecular complexity index is 788. The van der Waals surface area contributed by atoms with Crippen LogP contribution in [0.2, 0.25) is 0 Å². The van der Waals surface area contributed by atoms with Gasteiger partial charge >= 0.3 is 12.0 Å². The Morgan fingerprint density at radius 2 is 1.96 bits per heavy atom. The molecule has 3 unspecified atom stereocenters. The van der Waals surface area contributed by atoms with E-state index < -0.39 is 36.7 Å². The average Bonchev–Trinajstić information content (AvgIpc) is 3.04. The monoisotopic (exact) mass is 377 g/mol. The fraction of sp³-hybridized carbons (Fsp3) is 0.471. The van der Waals surface area contributed by atoms with Crippen LogP contribution in [-0.4, -0.2) is 82.9 Å². The fourth-order valence-corrected chi connectivity index (χ4v) is 4.10. The van der Waals surface area contributed by atoms with E-state index in [1.54, 1.807) is 19.2 Å². The zero-order valence-corrected chi connectivity index (χ0v) is 14.7. The van der Waals surface area contributed by atoms with Crippen LogP contribution < -0.4 is 10.2 Å². The molecule has 3 aliphatic rings. The molecule has 3 saturated heterocycles. The molecule has 0 spiro atoms. The van der Waals surface area contributed by atoms with Crippen molar-refractivity contribution < 1.29 is 23.9 Å². The zero-order valence-electron chi connectivity index (χ0n) is 14.7. The van der Waals surface area contributed by atoms with Crippen LogP contribution in [0.4, 0.5) is 14.9 Å². The van der Waals surface area contributed by atoms with E-state index in [9.17, 15) is 18.8 Å². The number of nitrogens with zero attached hydrogens (tertiary/aromatic N) is 4. The number of rotatable bonds is 3. The van der Waals surface area contributed by atoms with Gasteiger partial charge in [0.05, 0.1) is 0 Å². The minimum Gasteiger partial charge on any atom is -0.480 e. The molecule has 0 bridgehead atoms. The van der Waals surface area contributed by atoms with Crippen LogP contribution >= 0.6 is 0 Å². The van der Waals surface area contributed by atoms with E-state index >= 15 is 0 Å². The van der Waals surface area contributed by atoms with Crippen molar-refractivity contribution in [2.75, 3.05) is 31.6 Å². The largest absolute Gasteiger partial charge is 0.480 e. The summed E-state index contributed by atoms with van der Waals surface area (Å²) in [4.78, 5) is 42.6. The summed E-state index contributed by atoms with van der Waals surface area (Å²) >= 11 is 0. The lowest BCUT2D eigenvalue weighted by Crippen LogP contribution is -2.66. The maximum atomic E-state index is 13.3. The molecule has 0 radical (unpaired) electrons. The van der Waals surface area contributed by atoms with E-state index in [1.165, 1.54) is 17.0 Å². The van der Waals surface area contributed by atoms with Crippen LogP contribution in [-0.2, 0) is 9.59 Å². The Morgan fingerprint density at radius 3 is 2.63 bits per heavy atom. The van der Waals surface area contributed by atoms with Gasteiger partial charge in [-0.25, -0.2) is 9.18 Å². The predicted molar refractivity (Wildman–Crippen MR) is 92.1 cm³/mol. The van der Waals surface area contributed by atoms with Crippen LogP contribution in [0.5, 0.6) is 0 Å². The number of nitrogens with one attached hydrogen (secondary N) is 1. The summed E-state index contributed by atoms with van der Waals surface area (Å²) in [5.74, 6) is -2.08. The lowest BCUT2D eigenvalue weighted by Gasteiger charge is -2.43. The van der Waals surface area contributed by atoms with Gasteiger partial charge in [-0.3, -0.25) is 24.7 Å². The van der Waals surface area contributed by atoms with Crippen molar-refractivity contribution >= 4 is 23.6 Å². The van der Waals surface area contributed by atoms with Crippen molar-refractivity contribution in [3.8, 4) is 0 Å². The number of likely N-dealkylation sites (N-methyl/N-ethyl adjacent to an activating group) is 1. The average molecular weight is 377 g/mol. The molecule has 0 saturated carbocycles. The number of urea groups is 1. The van der Waals surface area contributed by atoms with Gasteiger partial charge in [0.1, 0.15) is 30.9 Å². The summed E-state index contributed by atoms with van der Waals surface area (Å²) in [5.41, 5.74) is 0.807. The zero-order chi connectivity index (χ0) is 19.3. The smallest absolute Gasteiger partial charge is 0.328 e. The molecule has 4 rings (SSSR count). The number of carboxylic acid groups (broad SMARTS) is 1. The van der Waals surface area contributed by atoms with E-state index in [4.69, 9.17) is 5.11 Å². The lowest BCUT2D eigenvalue weighted by atomic mass is 10.1. The van der Waals surface area contributed by atoms with Gasteiger partial charge in [-0.05, 0) is 30.7 Å². The molecule has 2 N–H and O–H groups in total. The number of halogens is 1. The summed E-state index contributed by atoms with van der Waals surface area (Å²) in [6.45, 7) is 0.681. The van der Waals surface area contributed by atoms with Crippen molar-refractivity contribution in [1.29, 1.82) is 0 Å². The number of hydrogen-bond donors (Lipinski definition) is 2. The van der Waals surface area contributed by atoms with E-state index in [0.29, 0.717) is 13.1 Å². The number of benzene rings is 1. The van der Waals surface area contributed by atoms with Gasteiger partial charge < -0.3 is 14.9 Å². The first kappa shape index (κ1) is 17.7. The van der Waals surface area contributed by atoms with E-state index in [0.717, 1.165) is 17.0 Å². The molecule has 9 nitrogen and oxygen atoms in total. The van der Waals surface area contributed by atoms with Gasteiger partial charge in [-0.15, -0.1) is 0 Å². The lowest BCUT2D eigenvalue weighted by molar-refractivity contribution is -0.147. The molecule has 3 heterocycles. The van der Waals surface area contributed by atoms with Crippen LogP contribution in [0.15, 0.2) is 24.3 Å². The van der Waals surface area contributed by atoms with E-state index in [-0.39, 0.29) is 12.1 Å². The third kappa shape index (κ3) is 2.81. The van der Waals surface area contributed by atoms with Crippen molar-refractivity contribution in [2.45, 2.75) is 24.9 Å². The number of carbonyl (C=O) groups is 3. The summed E-state index contributed by atoms with van der Waals surface area (Å²) < 4.78 is 13.3. The molecular formula is C17H20FN5O4. The Hall–Kier alpha value is -2.72. The van der Waals surface area contributed by atoms with Crippen molar-refractivity contribution in [3.05, 3.63) is 30.1 Å². The van der Waals surface area contributed by atoms with Gasteiger partial charge in [0.15, 0.2) is 0 Å². The molecular weight excluding hydrogens is 357 g/mol. The molecule has 1 aromatic carbocycles. The van der Waals surface area contributed by atoms with Gasteiger partial charge in [-0.1, -0.05) is 0 Å². The third-order valence-corrected chi connectivity index (χ3v) is 5.32. The van der Waals surface area contributed by atoms with Gasteiger partial charge in [0.2, 0.25) is 0 Å². The van der Waals surface area contributed by atoms with Crippen LogP contribution in [0.1, 0.15) is 6.42 Å². The van der Waals surface area contributed by atoms with Gasteiger partial charge in [0, 0.05) is 25.8 Å². The molecule has 0 aromatic heterocycles. The van der Waals surface area contributed by atoms with Crippen LogP contribution in [0.25, 0.3) is 0 Å². The van der Waals surface area contributed by atoms with Gasteiger partial charge in [-0.2, -0.15) is 0 Å². The predicted octanol–water partition coefficient (Wildman–Crippen LogP) is -0.102. The first-order valence-corrected chi connectivity index (χ1v) is 8.72. The highest BCUT2D eigenvalue weighted by molar-refractivity contribution is 6.02. The second-order valence-corrected chi connectivity index (χ2v) is 6.90. The molecule has 3 atom stereocenters. The molecule has 144 valence electrons. The molecule has 1 aromatic rings. The third-order valence-electron chi connectivity index (χ3n) is 5.32. The highest BCUT2D eigenvalue weighted by Gasteiger charge is 2.56.